The highest BCUT2D eigenvalue weighted by molar-refractivity contribution is 7.92. The smallest absolute Gasteiger partial charge is 0.240 e. The van der Waals surface area contributed by atoms with Crippen LogP contribution in [-0.4, -0.2) is 36.9 Å². The van der Waals surface area contributed by atoms with Crippen molar-refractivity contribution >= 4 is 27.8 Å². The number of carbonyl (C=O) groups excluding carboxylic acids is 1. The van der Waals surface area contributed by atoms with E-state index in [0.717, 1.165) is 21.7 Å². The number of hydrogen-bond acceptors (Lipinski definition) is 5. The molecule has 2 aromatic rings. The number of aromatic nitrogens is 1. The molecule has 1 amide bonds. The average molecular weight is 377 g/mol. The molecule has 0 atom stereocenters. The number of anilines is 1. The number of rotatable bonds is 9. The second kappa shape index (κ2) is 9.30. The average Bonchev–Trinajstić information content (AvgIpc) is 3.02. The van der Waals surface area contributed by atoms with Crippen LogP contribution in [-0.2, 0) is 14.8 Å². The van der Waals surface area contributed by atoms with Crippen LogP contribution >= 0.6 is 0 Å². The maximum atomic E-state index is 12.6. The minimum Gasteiger partial charge on any atom is -0.360 e. The number of hydrogen-bond donors (Lipinski definition) is 1. The Kier molecular flexibility index (Phi) is 7.11. The van der Waals surface area contributed by atoms with E-state index in [1.165, 1.54) is 6.08 Å². The Balaban J connectivity index is 2.09. The Bertz CT molecular complexity index is 844. The first-order valence-corrected chi connectivity index (χ1v) is 9.87. The summed E-state index contributed by atoms with van der Waals surface area (Å²) in [7, 11) is -3.73. The number of carbonyl (C=O) groups is 1. The lowest BCUT2D eigenvalue weighted by molar-refractivity contribution is -0.116. The highest BCUT2D eigenvalue weighted by Gasteiger charge is 2.22. The fourth-order valence-corrected chi connectivity index (χ4v) is 3.40. The molecule has 0 radical (unpaired) electrons. The van der Waals surface area contributed by atoms with Gasteiger partial charge in [-0.25, -0.2) is 8.42 Å². The van der Waals surface area contributed by atoms with Gasteiger partial charge >= 0.3 is 0 Å². The first-order chi connectivity index (χ1) is 12.4. The van der Waals surface area contributed by atoms with Gasteiger partial charge in [-0.1, -0.05) is 48.8 Å². The van der Waals surface area contributed by atoms with E-state index in [2.05, 4.69) is 10.5 Å². The maximum absolute atomic E-state index is 12.6. The molecule has 0 saturated carbocycles. The Morgan fingerprint density at radius 1 is 1.31 bits per heavy atom. The summed E-state index contributed by atoms with van der Waals surface area (Å²) >= 11 is 0. The zero-order chi connectivity index (χ0) is 19.0. The molecule has 0 spiro atoms. The first kappa shape index (κ1) is 19.9. The largest absolute Gasteiger partial charge is 0.360 e. The molecule has 0 aliphatic rings. The van der Waals surface area contributed by atoms with Gasteiger partial charge in [0.25, 0.3) is 0 Å². The molecule has 26 heavy (non-hydrogen) atoms. The molecule has 0 aliphatic carbocycles. The number of amides is 1. The van der Waals surface area contributed by atoms with Crippen LogP contribution < -0.4 is 5.32 Å². The lowest BCUT2D eigenvalue weighted by Crippen LogP contribution is -2.37. The van der Waals surface area contributed by atoms with Crippen LogP contribution in [0.5, 0.6) is 0 Å². The van der Waals surface area contributed by atoms with Crippen molar-refractivity contribution < 1.29 is 17.7 Å². The summed E-state index contributed by atoms with van der Waals surface area (Å²) in [5.41, 5.74) is 0.772. The van der Waals surface area contributed by atoms with Crippen molar-refractivity contribution in [3.63, 3.8) is 0 Å². The number of unbranched alkanes of at least 4 members (excludes halogenated alkanes) is 1. The summed E-state index contributed by atoms with van der Waals surface area (Å²) in [6.45, 7) is 3.65. The van der Waals surface area contributed by atoms with Crippen LogP contribution in [0.1, 0.15) is 31.1 Å². The van der Waals surface area contributed by atoms with E-state index >= 15 is 0 Å². The fourth-order valence-electron chi connectivity index (χ4n) is 2.21. The Labute approximate surface area is 153 Å². The van der Waals surface area contributed by atoms with E-state index in [1.807, 2.05) is 37.3 Å². The standard InChI is InChI=1S/C18H23N3O4S/c1-3-4-11-21(14-18(22)19-17-13-15(2)25-20-17)26(23,24)12-10-16-8-6-5-7-9-16/h5-10,12-13H,3-4,11,14H2,1-2H3,(H,19,20,22). The molecule has 1 aromatic carbocycles. The second-order valence-corrected chi connectivity index (χ2v) is 7.63. The van der Waals surface area contributed by atoms with Crippen LogP contribution in [0, 0.1) is 6.92 Å². The summed E-state index contributed by atoms with van der Waals surface area (Å²) in [6.07, 6.45) is 3.00. The van der Waals surface area contributed by atoms with E-state index in [0.29, 0.717) is 12.2 Å². The van der Waals surface area contributed by atoms with Crippen LogP contribution in [0.4, 0.5) is 5.82 Å². The molecule has 8 heteroatoms. The van der Waals surface area contributed by atoms with Crippen LogP contribution in [0.25, 0.3) is 6.08 Å². The van der Waals surface area contributed by atoms with Gasteiger partial charge in [0.05, 0.1) is 6.54 Å². The minimum atomic E-state index is -3.73. The number of sulfonamides is 1. The summed E-state index contributed by atoms with van der Waals surface area (Å²) in [5.74, 6) is 0.354. The Morgan fingerprint density at radius 2 is 2.04 bits per heavy atom. The van der Waals surface area contributed by atoms with Crippen molar-refractivity contribution in [1.29, 1.82) is 0 Å². The van der Waals surface area contributed by atoms with E-state index < -0.39 is 15.9 Å². The van der Waals surface area contributed by atoms with Gasteiger partial charge in [-0.15, -0.1) is 0 Å². The van der Waals surface area contributed by atoms with Gasteiger partial charge in [-0.3, -0.25) is 4.79 Å². The molecular formula is C18H23N3O4S. The number of nitrogens with one attached hydrogen (secondary N) is 1. The predicted octanol–water partition coefficient (Wildman–Crippen LogP) is 3.02. The normalized spacial score (nSPS) is 12.0. The SMILES string of the molecule is CCCCN(CC(=O)Nc1cc(C)on1)S(=O)(=O)C=Cc1ccccc1. The lowest BCUT2D eigenvalue weighted by Gasteiger charge is -2.19. The monoisotopic (exact) mass is 377 g/mol. The van der Waals surface area contributed by atoms with Gasteiger partial charge in [0, 0.05) is 18.0 Å². The molecule has 0 aliphatic heterocycles. The van der Waals surface area contributed by atoms with Crippen molar-refractivity contribution in [3.05, 3.63) is 53.1 Å². The van der Waals surface area contributed by atoms with Gasteiger partial charge in [0.2, 0.25) is 15.9 Å². The van der Waals surface area contributed by atoms with Crippen molar-refractivity contribution in [2.75, 3.05) is 18.4 Å². The van der Waals surface area contributed by atoms with E-state index in [-0.39, 0.29) is 18.9 Å². The molecule has 140 valence electrons. The molecule has 0 fully saturated rings. The van der Waals surface area contributed by atoms with E-state index in [9.17, 15) is 13.2 Å². The molecular weight excluding hydrogens is 354 g/mol. The minimum absolute atomic E-state index is 0.264. The third kappa shape index (κ3) is 6.12. The second-order valence-electron chi connectivity index (χ2n) is 5.82. The number of aryl methyl sites for hydroxylation is 1. The van der Waals surface area contributed by atoms with Crippen LogP contribution in [0.15, 0.2) is 46.3 Å². The molecule has 1 heterocycles. The maximum Gasteiger partial charge on any atom is 0.240 e. The fraction of sp³-hybridized carbons (Fsp3) is 0.333. The molecule has 1 N–H and O–H groups in total. The molecule has 2 rings (SSSR count). The Morgan fingerprint density at radius 3 is 2.65 bits per heavy atom. The van der Waals surface area contributed by atoms with Crippen molar-refractivity contribution in [3.8, 4) is 0 Å². The quantitative estimate of drug-likeness (QED) is 0.725. The van der Waals surface area contributed by atoms with Gasteiger partial charge in [-0.2, -0.15) is 4.31 Å². The van der Waals surface area contributed by atoms with Crippen molar-refractivity contribution in [1.82, 2.24) is 9.46 Å². The molecule has 0 bridgehead atoms. The Hall–Kier alpha value is -2.45. The number of nitrogens with zero attached hydrogens (tertiary/aromatic N) is 2. The summed E-state index contributed by atoms with van der Waals surface area (Å²) in [5, 5.41) is 7.35. The molecule has 7 nitrogen and oxygen atoms in total. The van der Waals surface area contributed by atoms with Crippen LogP contribution in [0.2, 0.25) is 0 Å². The third-order valence-corrected chi connectivity index (χ3v) is 5.08. The van der Waals surface area contributed by atoms with E-state index in [4.69, 9.17) is 4.52 Å². The van der Waals surface area contributed by atoms with Gasteiger partial charge < -0.3 is 9.84 Å². The first-order valence-electron chi connectivity index (χ1n) is 8.37. The van der Waals surface area contributed by atoms with Gasteiger partial charge in [-0.05, 0) is 25.0 Å². The number of benzene rings is 1. The van der Waals surface area contributed by atoms with Crippen molar-refractivity contribution in [2.45, 2.75) is 26.7 Å². The highest BCUT2D eigenvalue weighted by Crippen LogP contribution is 2.11. The summed E-state index contributed by atoms with van der Waals surface area (Å²) in [4.78, 5) is 12.2. The predicted molar refractivity (Wildman–Crippen MR) is 101 cm³/mol. The summed E-state index contributed by atoms with van der Waals surface area (Å²) < 4.78 is 31.3. The van der Waals surface area contributed by atoms with Gasteiger partial charge in [0.15, 0.2) is 5.82 Å². The third-order valence-electron chi connectivity index (χ3n) is 3.57. The molecule has 1 aromatic heterocycles. The summed E-state index contributed by atoms with van der Waals surface area (Å²) in [6, 6.07) is 10.7. The molecule has 0 saturated heterocycles. The topological polar surface area (TPSA) is 92.5 Å². The molecule has 0 unspecified atom stereocenters. The van der Waals surface area contributed by atoms with Crippen molar-refractivity contribution in [2.24, 2.45) is 0 Å². The zero-order valence-electron chi connectivity index (χ0n) is 14.9. The lowest BCUT2D eigenvalue weighted by atomic mass is 10.2. The van der Waals surface area contributed by atoms with E-state index in [1.54, 1.807) is 13.0 Å². The van der Waals surface area contributed by atoms with Crippen LogP contribution in [0.3, 0.4) is 0 Å². The zero-order valence-corrected chi connectivity index (χ0v) is 15.7. The van der Waals surface area contributed by atoms with Gasteiger partial charge in [0.1, 0.15) is 5.76 Å². The highest BCUT2D eigenvalue weighted by atomic mass is 32.2.